The Bertz CT molecular complexity index is 747. The lowest BCUT2D eigenvalue weighted by Crippen LogP contribution is -2.36. The third-order valence-corrected chi connectivity index (χ3v) is 5.32. The van der Waals surface area contributed by atoms with Gasteiger partial charge in [0.2, 0.25) is 5.91 Å². The molecule has 1 aromatic heterocycles. The zero-order valence-corrected chi connectivity index (χ0v) is 15.2. The van der Waals surface area contributed by atoms with Crippen LogP contribution in [0, 0.1) is 0 Å². The molecule has 1 aliphatic rings. The lowest BCUT2D eigenvalue weighted by atomic mass is 10.1. The van der Waals surface area contributed by atoms with Crippen molar-refractivity contribution in [3.05, 3.63) is 39.0 Å². The number of fused-ring (bicyclic) bond motifs is 1. The van der Waals surface area contributed by atoms with Crippen molar-refractivity contribution in [2.75, 3.05) is 32.6 Å². The van der Waals surface area contributed by atoms with Crippen molar-refractivity contribution in [3.63, 3.8) is 0 Å². The number of rotatable bonds is 5. The topological polar surface area (TPSA) is 50.8 Å². The van der Waals surface area contributed by atoms with Crippen LogP contribution in [0.5, 0.6) is 11.5 Å². The molecule has 3 rings (SSSR count). The largest absolute Gasteiger partial charge is 0.495 e. The fourth-order valence-electron chi connectivity index (χ4n) is 2.79. The summed E-state index contributed by atoms with van der Waals surface area (Å²) in [7, 11) is 3.07. The standard InChI is InChI=1S/C17H19ClN2O3S/c1-22-14-8-13(15(23-2)7-12(14)18)19-17(21)10-20-5-3-16-11(9-20)4-6-24-16/h4,6-8H,3,5,9-10H2,1-2H3,(H,19,21). The van der Waals surface area contributed by atoms with Gasteiger partial charge in [-0.15, -0.1) is 11.3 Å². The summed E-state index contributed by atoms with van der Waals surface area (Å²) in [5.74, 6) is 0.915. The zero-order chi connectivity index (χ0) is 17.1. The first-order valence-corrected chi connectivity index (χ1v) is 8.85. The Kier molecular flexibility index (Phi) is 5.28. The van der Waals surface area contributed by atoms with Gasteiger partial charge in [0.05, 0.1) is 31.5 Å². The van der Waals surface area contributed by atoms with E-state index in [4.69, 9.17) is 21.1 Å². The van der Waals surface area contributed by atoms with E-state index in [1.54, 1.807) is 23.5 Å². The molecule has 1 N–H and O–H groups in total. The highest BCUT2D eigenvalue weighted by Crippen LogP contribution is 2.35. The van der Waals surface area contributed by atoms with Crippen LogP contribution in [0.25, 0.3) is 0 Å². The van der Waals surface area contributed by atoms with Crippen LogP contribution in [0.1, 0.15) is 10.4 Å². The van der Waals surface area contributed by atoms with Gasteiger partial charge in [0.25, 0.3) is 0 Å². The maximum atomic E-state index is 12.4. The molecule has 0 unspecified atom stereocenters. The van der Waals surface area contributed by atoms with Crippen molar-refractivity contribution >= 4 is 34.5 Å². The SMILES string of the molecule is COc1cc(NC(=O)CN2CCc3sccc3C2)c(OC)cc1Cl. The number of amides is 1. The van der Waals surface area contributed by atoms with Crippen LogP contribution in [0.3, 0.4) is 0 Å². The monoisotopic (exact) mass is 366 g/mol. The zero-order valence-electron chi connectivity index (χ0n) is 13.6. The van der Waals surface area contributed by atoms with Gasteiger partial charge in [-0.1, -0.05) is 11.6 Å². The van der Waals surface area contributed by atoms with Gasteiger partial charge in [-0.2, -0.15) is 0 Å². The van der Waals surface area contributed by atoms with E-state index in [1.807, 2.05) is 0 Å². The number of carbonyl (C=O) groups excluding carboxylic acids is 1. The van der Waals surface area contributed by atoms with Crippen LogP contribution in [-0.2, 0) is 17.8 Å². The summed E-state index contributed by atoms with van der Waals surface area (Å²) in [6, 6.07) is 5.44. The smallest absolute Gasteiger partial charge is 0.238 e. The van der Waals surface area contributed by atoms with Gasteiger partial charge in [-0.05, 0) is 23.4 Å². The van der Waals surface area contributed by atoms with E-state index in [2.05, 4.69) is 21.7 Å². The Balaban J connectivity index is 1.67. The molecule has 1 aliphatic heterocycles. The third-order valence-electron chi connectivity index (χ3n) is 4.00. The van der Waals surface area contributed by atoms with Gasteiger partial charge < -0.3 is 14.8 Å². The van der Waals surface area contributed by atoms with E-state index >= 15 is 0 Å². The Morgan fingerprint density at radius 3 is 2.88 bits per heavy atom. The van der Waals surface area contributed by atoms with Crippen LogP contribution < -0.4 is 14.8 Å². The highest BCUT2D eigenvalue weighted by atomic mass is 35.5. The average Bonchev–Trinajstić information content (AvgIpc) is 3.03. The summed E-state index contributed by atoms with van der Waals surface area (Å²) < 4.78 is 10.5. The van der Waals surface area contributed by atoms with E-state index in [0.29, 0.717) is 28.8 Å². The Labute approximate surface area is 150 Å². The summed E-state index contributed by atoms with van der Waals surface area (Å²) in [6.45, 7) is 2.04. The van der Waals surface area contributed by atoms with Gasteiger partial charge in [0.15, 0.2) is 0 Å². The van der Waals surface area contributed by atoms with Crippen LogP contribution in [0.15, 0.2) is 23.6 Å². The number of carbonyl (C=O) groups is 1. The van der Waals surface area contributed by atoms with E-state index in [1.165, 1.54) is 24.7 Å². The summed E-state index contributed by atoms with van der Waals surface area (Å²) in [5, 5.41) is 5.44. The van der Waals surface area contributed by atoms with Crippen molar-refractivity contribution < 1.29 is 14.3 Å². The Morgan fingerprint density at radius 2 is 2.12 bits per heavy atom. The number of nitrogens with one attached hydrogen (secondary N) is 1. The number of hydrogen-bond acceptors (Lipinski definition) is 5. The van der Waals surface area contributed by atoms with Crippen molar-refractivity contribution in [1.82, 2.24) is 4.90 Å². The molecule has 0 fully saturated rings. The normalized spacial score (nSPS) is 14.1. The molecule has 0 aliphatic carbocycles. The molecule has 0 saturated heterocycles. The van der Waals surface area contributed by atoms with Gasteiger partial charge in [0.1, 0.15) is 11.5 Å². The number of benzene rings is 1. The molecule has 0 saturated carbocycles. The first-order chi connectivity index (χ1) is 11.6. The molecule has 1 amide bonds. The van der Waals surface area contributed by atoms with Crippen LogP contribution in [-0.4, -0.2) is 38.1 Å². The second kappa shape index (κ2) is 7.42. The number of anilines is 1. The molecule has 24 heavy (non-hydrogen) atoms. The molecular formula is C17H19ClN2O3S. The number of thiophene rings is 1. The quantitative estimate of drug-likeness (QED) is 0.881. The van der Waals surface area contributed by atoms with E-state index in [-0.39, 0.29) is 5.91 Å². The van der Waals surface area contributed by atoms with E-state index in [0.717, 1.165) is 19.5 Å². The Morgan fingerprint density at radius 1 is 1.33 bits per heavy atom. The minimum Gasteiger partial charge on any atom is -0.495 e. The fraction of sp³-hybridized carbons (Fsp3) is 0.353. The minimum absolute atomic E-state index is 0.0867. The second-order valence-electron chi connectivity index (χ2n) is 5.56. The predicted molar refractivity (Wildman–Crippen MR) is 96.5 cm³/mol. The molecule has 7 heteroatoms. The van der Waals surface area contributed by atoms with Crippen LogP contribution in [0.4, 0.5) is 5.69 Å². The first kappa shape index (κ1) is 17.1. The summed E-state index contributed by atoms with van der Waals surface area (Å²) >= 11 is 7.87. The molecule has 0 spiro atoms. The third kappa shape index (κ3) is 3.66. The number of nitrogens with zero attached hydrogens (tertiary/aromatic N) is 1. The maximum Gasteiger partial charge on any atom is 0.238 e. The highest BCUT2D eigenvalue weighted by Gasteiger charge is 2.20. The van der Waals surface area contributed by atoms with E-state index in [9.17, 15) is 4.79 Å². The van der Waals surface area contributed by atoms with Gasteiger partial charge in [-0.3, -0.25) is 9.69 Å². The number of hydrogen-bond donors (Lipinski definition) is 1. The lowest BCUT2D eigenvalue weighted by molar-refractivity contribution is -0.117. The molecule has 0 atom stereocenters. The fourth-order valence-corrected chi connectivity index (χ4v) is 3.91. The lowest BCUT2D eigenvalue weighted by Gasteiger charge is -2.26. The Hall–Kier alpha value is -1.76. The minimum atomic E-state index is -0.0867. The molecule has 0 bridgehead atoms. The predicted octanol–water partition coefficient (Wildman–Crippen LogP) is 3.42. The summed E-state index contributed by atoms with van der Waals surface area (Å²) in [6.07, 6.45) is 0.998. The van der Waals surface area contributed by atoms with E-state index < -0.39 is 0 Å². The van der Waals surface area contributed by atoms with Gasteiger partial charge >= 0.3 is 0 Å². The molecule has 5 nitrogen and oxygen atoms in total. The second-order valence-corrected chi connectivity index (χ2v) is 6.97. The summed E-state index contributed by atoms with van der Waals surface area (Å²) in [5.41, 5.74) is 1.88. The number of ether oxygens (including phenoxy) is 2. The average molecular weight is 367 g/mol. The van der Waals surface area contributed by atoms with Crippen LogP contribution in [0.2, 0.25) is 5.02 Å². The van der Waals surface area contributed by atoms with Crippen LogP contribution >= 0.6 is 22.9 Å². The first-order valence-electron chi connectivity index (χ1n) is 7.59. The molecule has 0 radical (unpaired) electrons. The van der Waals surface area contributed by atoms with Crippen molar-refractivity contribution in [3.8, 4) is 11.5 Å². The maximum absolute atomic E-state index is 12.4. The van der Waals surface area contributed by atoms with Gasteiger partial charge in [-0.25, -0.2) is 0 Å². The molecule has 1 aromatic carbocycles. The van der Waals surface area contributed by atoms with Crippen molar-refractivity contribution in [2.45, 2.75) is 13.0 Å². The number of methoxy groups -OCH3 is 2. The molecular weight excluding hydrogens is 348 g/mol. The molecule has 2 heterocycles. The molecule has 128 valence electrons. The summed E-state index contributed by atoms with van der Waals surface area (Å²) in [4.78, 5) is 16.0. The van der Waals surface area contributed by atoms with Crippen molar-refractivity contribution in [1.29, 1.82) is 0 Å². The molecule has 2 aromatic rings. The number of halogens is 1. The van der Waals surface area contributed by atoms with Crippen molar-refractivity contribution in [2.24, 2.45) is 0 Å². The van der Waals surface area contributed by atoms with Gasteiger partial charge in [0, 0.05) is 30.1 Å². The highest BCUT2D eigenvalue weighted by molar-refractivity contribution is 7.10.